The summed E-state index contributed by atoms with van der Waals surface area (Å²) < 4.78 is 13.1. The van der Waals surface area contributed by atoms with E-state index >= 15 is 0 Å². The Morgan fingerprint density at radius 3 is 2.42 bits per heavy atom. The van der Waals surface area contributed by atoms with Crippen molar-refractivity contribution in [2.45, 2.75) is 33.4 Å². The normalized spacial score (nSPS) is 12.2. The van der Waals surface area contributed by atoms with Crippen molar-refractivity contribution in [2.24, 2.45) is 5.92 Å². The van der Waals surface area contributed by atoms with E-state index in [-0.39, 0.29) is 17.8 Å². The molecule has 0 saturated heterocycles. The summed E-state index contributed by atoms with van der Waals surface area (Å²) in [4.78, 5) is 12.1. The Balaban J connectivity index is 1.88. The summed E-state index contributed by atoms with van der Waals surface area (Å²) in [6, 6.07) is 14.7. The number of rotatable bonds is 7. The second-order valence-corrected chi connectivity index (χ2v) is 6.46. The zero-order chi connectivity index (χ0) is 17.5. The van der Waals surface area contributed by atoms with Crippen molar-refractivity contribution >= 4 is 5.91 Å². The zero-order valence-electron chi connectivity index (χ0n) is 14.6. The number of carbonyl (C=O) groups is 1. The fraction of sp³-hybridized carbons (Fsp3) is 0.350. The molecule has 1 amide bonds. The van der Waals surface area contributed by atoms with Crippen LogP contribution in [0.5, 0.6) is 0 Å². The molecular formula is C20H26FN2O+. The van der Waals surface area contributed by atoms with E-state index < -0.39 is 0 Å². The molecule has 0 radical (unpaired) electrons. The van der Waals surface area contributed by atoms with Gasteiger partial charge in [-0.15, -0.1) is 0 Å². The van der Waals surface area contributed by atoms with E-state index in [9.17, 15) is 9.18 Å². The van der Waals surface area contributed by atoms with Crippen molar-refractivity contribution in [3.63, 3.8) is 0 Å². The highest BCUT2D eigenvalue weighted by Gasteiger charge is 2.20. The number of nitrogens with one attached hydrogen (secondary N) is 1. The molecule has 3 nitrogen and oxygen atoms in total. The third kappa shape index (κ3) is 5.17. The van der Waals surface area contributed by atoms with Gasteiger partial charge in [-0.05, 0) is 30.2 Å². The molecule has 0 bridgehead atoms. The monoisotopic (exact) mass is 329 g/mol. The number of halogens is 1. The van der Waals surface area contributed by atoms with Gasteiger partial charge in [0.2, 0.25) is 0 Å². The second kappa shape index (κ2) is 8.60. The highest BCUT2D eigenvalue weighted by molar-refractivity contribution is 5.76. The standard InChI is InChI=1S/C20H25FN2O/c1-14(2)20(16-8-10-18(21)11-9-16)23-13-19(24)22-12-17-7-5-4-6-15(17)3/h4-11,14,20,23H,12-13H2,1-3H3,(H,22,24)/p+1/t20-/m1/s1. The summed E-state index contributed by atoms with van der Waals surface area (Å²) in [6.07, 6.45) is 0. The van der Waals surface area contributed by atoms with Crippen LogP contribution in [0.1, 0.15) is 36.6 Å². The van der Waals surface area contributed by atoms with Crippen LogP contribution in [-0.2, 0) is 11.3 Å². The van der Waals surface area contributed by atoms with Crippen LogP contribution in [0.4, 0.5) is 4.39 Å². The lowest BCUT2D eigenvalue weighted by molar-refractivity contribution is -0.692. The van der Waals surface area contributed by atoms with Crippen LogP contribution in [-0.4, -0.2) is 12.5 Å². The molecule has 0 aromatic heterocycles. The molecule has 0 heterocycles. The van der Waals surface area contributed by atoms with Crippen molar-refractivity contribution in [1.29, 1.82) is 0 Å². The molecule has 1 atom stereocenters. The summed E-state index contributed by atoms with van der Waals surface area (Å²) >= 11 is 0. The number of benzene rings is 2. The summed E-state index contributed by atoms with van der Waals surface area (Å²) in [5, 5.41) is 4.98. The van der Waals surface area contributed by atoms with Gasteiger partial charge >= 0.3 is 0 Å². The lowest BCUT2D eigenvalue weighted by atomic mass is 9.96. The van der Waals surface area contributed by atoms with E-state index in [0.717, 1.165) is 11.1 Å². The predicted molar refractivity (Wildman–Crippen MR) is 93.8 cm³/mol. The molecule has 0 unspecified atom stereocenters. The van der Waals surface area contributed by atoms with Crippen LogP contribution in [0.2, 0.25) is 0 Å². The van der Waals surface area contributed by atoms with Crippen LogP contribution in [0.15, 0.2) is 48.5 Å². The molecule has 2 aromatic carbocycles. The molecule has 128 valence electrons. The predicted octanol–water partition coefficient (Wildman–Crippen LogP) is 2.71. The minimum atomic E-state index is -0.239. The van der Waals surface area contributed by atoms with E-state index in [1.54, 1.807) is 12.1 Å². The number of hydrogen-bond donors (Lipinski definition) is 2. The Morgan fingerprint density at radius 1 is 1.12 bits per heavy atom. The largest absolute Gasteiger partial charge is 0.347 e. The van der Waals surface area contributed by atoms with Gasteiger partial charge in [-0.1, -0.05) is 50.2 Å². The van der Waals surface area contributed by atoms with Crippen LogP contribution in [0.3, 0.4) is 0 Å². The summed E-state index contributed by atoms with van der Waals surface area (Å²) in [6.45, 7) is 7.15. The Labute approximate surface area is 143 Å². The SMILES string of the molecule is Cc1ccccc1CNC(=O)C[NH2+][C@@H](c1ccc(F)cc1)C(C)C. The lowest BCUT2D eigenvalue weighted by Gasteiger charge is -2.19. The maximum absolute atomic E-state index is 13.1. The van der Waals surface area contributed by atoms with Gasteiger partial charge in [-0.2, -0.15) is 0 Å². The van der Waals surface area contributed by atoms with Crippen LogP contribution >= 0.6 is 0 Å². The molecule has 2 rings (SSSR count). The van der Waals surface area contributed by atoms with E-state index in [4.69, 9.17) is 0 Å². The number of quaternary nitrogens is 1. The Hall–Kier alpha value is -2.20. The second-order valence-electron chi connectivity index (χ2n) is 6.46. The third-order valence-electron chi connectivity index (χ3n) is 4.27. The van der Waals surface area contributed by atoms with Gasteiger partial charge < -0.3 is 10.6 Å². The summed E-state index contributed by atoms with van der Waals surface area (Å²) in [5.41, 5.74) is 3.34. The molecular weight excluding hydrogens is 303 g/mol. The fourth-order valence-electron chi connectivity index (χ4n) is 2.79. The minimum Gasteiger partial charge on any atom is -0.347 e. The van der Waals surface area contributed by atoms with Crippen LogP contribution < -0.4 is 10.6 Å². The number of aryl methyl sites for hydroxylation is 1. The van der Waals surface area contributed by atoms with Crippen LogP contribution in [0.25, 0.3) is 0 Å². The van der Waals surface area contributed by atoms with Crippen molar-refractivity contribution in [2.75, 3.05) is 6.54 Å². The molecule has 0 fully saturated rings. The van der Waals surface area contributed by atoms with Gasteiger partial charge in [-0.3, -0.25) is 4.79 Å². The van der Waals surface area contributed by atoms with Crippen molar-refractivity contribution < 1.29 is 14.5 Å². The molecule has 0 spiro atoms. The topological polar surface area (TPSA) is 45.7 Å². The van der Waals surface area contributed by atoms with Crippen molar-refractivity contribution in [3.8, 4) is 0 Å². The molecule has 3 N–H and O–H groups in total. The lowest BCUT2D eigenvalue weighted by Crippen LogP contribution is -2.88. The Bertz CT molecular complexity index is 668. The number of carbonyl (C=O) groups excluding carboxylic acids is 1. The first-order chi connectivity index (χ1) is 11.5. The smallest absolute Gasteiger partial charge is 0.275 e. The number of nitrogens with two attached hydrogens (primary N) is 1. The van der Waals surface area contributed by atoms with Crippen molar-refractivity contribution in [1.82, 2.24) is 5.32 Å². The fourth-order valence-corrected chi connectivity index (χ4v) is 2.79. The van der Waals surface area contributed by atoms with E-state index in [1.807, 2.05) is 36.5 Å². The first-order valence-corrected chi connectivity index (χ1v) is 8.37. The van der Waals surface area contributed by atoms with Gasteiger partial charge in [0.1, 0.15) is 11.9 Å². The van der Waals surface area contributed by atoms with Gasteiger partial charge in [0.05, 0.1) is 0 Å². The van der Waals surface area contributed by atoms with Crippen molar-refractivity contribution in [3.05, 3.63) is 71.0 Å². The molecule has 0 aliphatic rings. The van der Waals surface area contributed by atoms with E-state index in [0.29, 0.717) is 19.0 Å². The Kier molecular flexibility index (Phi) is 6.50. The number of amides is 1. The third-order valence-corrected chi connectivity index (χ3v) is 4.27. The first-order valence-electron chi connectivity index (χ1n) is 8.37. The maximum Gasteiger partial charge on any atom is 0.275 e. The highest BCUT2D eigenvalue weighted by atomic mass is 19.1. The van der Waals surface area contributed by atoms with Gasteiger partial charge in [-0.25, -0.2) is 4.39 Å². The first kappa shape index (κ1) is 18.1. The zero-order valence-corrected chi connectivity index (χ0v) is 14.6. The maximum atomic E-state index is 13.1. The summed E-state index contributed by atoms with van der Waals surface area (Å²) in [5.74, 6) is 0.114. The molecule has 4 heteroatoms. The van der Waals surface area contributed by atoms with Gasteiger partial charge in [0.15, 0.2) is 6.54 Å². The molecule has 24 heavy (non-hydrogen) atoms. The molecule has 0 aliphatic heterocycles. The van der Waals surface area contributed by atoms with Gasteiger partial charge in [0.25, 0.3) is 5.91 Å². The highest BCUT2D eigenvalue weighted by Crippen LogP contribution is 2.17. The van der Waals surface area contributed by atoms with Crippen LogP contribution in [0, 0.1) is 18.7 Å². The summed E-state index contributed by atoms with van der Waals surface area (Å²) in [7, 11) is 0. The van der Waals surface area contributed by atoms with E-state index in [2.05, 4.69) is 19.2 Å². The average Bonchev–Trinajstić information content (AvgIpc) is 2.55. The number of hydrogen-bond acceptors (Lipinski definition) is 1. The van der Waals surface area contributed by atoms with Gasteiger partial charge in [0, 0.05) is 18.0 Å². The average molecular weight is 329 g/mol. The Morgan fingerprint density at radius 2 is 1.79 bits per heavy atom. The molecule has 0 aliphatic carbocycles. The molecule has 0 saturated carbocycles. The minimum absolute atomic E-state index is 0.00557. The molecule has 2 aromatic rings. The quantitative estimate of drug-likeness (QED) is 0.806. The van der Waals surface area contributed by atoms with E-state index in [1.165, 1.54) is 17.7 Å².